The molecule has 2 rings (SSSR count). The van der Waals surface area contributed by atoms with Crippen molar-refractivity contribution in [3.63, 3.8) is 0 Å². The molecule has 1 aliphatic carbocycles. The lowest BCUT2D eigenvalue weighted by Gasteiger charge is -2.25. The Bertz CT molecular complexity index is 400. The molecule has 0 aromatic carbocycles. The van der Waals surface area contributed by atoms with Crippen molar-refractivity contribution in [3.8, 4) is 0 Å². The van der Waals surface area contributed by atoms with Crippen LogP contribution in [0, 0.1) is 0 Å². The predicted octanol–water partition coefficient (Wildman–Crippen LogP) is 0.0233. The van der Waals surface area contributed by atoms with Crippen LogP contribution in [0.25, 0.3) is 0 Å². The average Bonchev–Trinajstić information content (AvgIpc) is 2.97. The van der Waals surface area contributed by atoms with E-state index in [0.717, 1.165) is 25.7 Å². The first-order chi connectivity index (χ1) is 8.70. The van der Waals surface area contributed by atoms with Gasteiger partial charge in [-0.15, -0.1) is 5.10 Å². The summed E-state index contributed by atoms with van der Waals surface area (Å²) in [4.78, 5) is 13.0. The van der Waals surface area contributed by atoms with Crippen molar-refractivity contribution < 1.29 is 9.21 Å². The van der Waals surface area contributed by atoms with Gasteiger partial charge in [0.15, 0.2) is 0 Å². The highest BCUT2D eigenvalue weighted by Gasteiger charge is 2.27. The average molecular weight is 253 g/mol. The van der Waals surface area contributed by atoms with Crippen molar-refractivity contribution in [1.82, 2.24) is 15.5 Å². The molecule has 7 heteroatoms. The molecule has 1 aromatic heterocycles. The second-order valence-corrected chi connectivity index (χ2v) is 4.54. The van der Waals surface area contributed by atoms with Crippen molar-refractivity contribution in [2.24, 2.45) is 5.73 Å². The van der Waals surface area contributed by atoms with E-state index in [1.165, 1.54) is 0 Å². The van der Waals surface area contributed by atoms with Crippen LogP contribution in [-0.4, -0.2) is 35.7 Å². The molecule has 1 aliphatic rings. The lowest BCUT2D eigenvalue weighted by atomic mass is 10.2. The Balaban J connectivity index is 2.12. The summed E-state index contributed by atoms with van der Waals surface area (Å²) in [5.74, 6) is 0.134. The van der Waals surface area contributed by atoms with Gasteiger partial charge in [0.25, 0.3) is 0 Å². The van der Waals surface area contributed by atoms with Gasteiger partial charge in [0.1, 0.15) is 6.54 Å². The maximum atomic E-state index is 11.2. The first-order valence-corrected chi connectivity index (χ1v) is 6.22. The van der Waals surface area contributed by atoms with Gasteiger partial charge in [0.2, 0.25) is 11.8 Å². The van der Waals surface area contributed by atoms with Crippen molar-refractivity contribution in [2.75, 3.05) is 18.5 Å². The van der Waals surface area contributed by atoms with E-state index in [1.54, 1.807) is 0 Å². The number of amides is 1. The van der Waals surface area contributed by atoms with E-state index in [4.69, 9.17) is 10.2 Å². The molecule has 3 N–H and O–H groups in total. The van der Waals surface area contributed by atoms with Gasteiger partial charge in [-0.25, -0.2) is 0 Å². The van der Waals surface area contributed by atoms with Crippen LogP contribution in [0.2, 0.25) is 0 Å². The van der Waals surface area contributed by atoms with Crippen LogP contribution < -0.4 is 16.0 Å². The third-order valence-electron chi connectivity index (χ3n) is 3.12. The Labute approximate surface area is 106 Å². The SMILES string of the molecule is CNCc1nnc(N(CC(N)=O)C2CCCC2)o1. The van der Waals surface area contributed by atoms with Crippen LogP contribution in [-0.2, 0) is 11.3 Å². The first kappa shape index (κ1) is 12.8. The summed E-state index contributed by atoms with van der Waals surface area (Å²) in [6, 6.07) is 0.673. The standard InChI is InChI=1S/C11H19N5O2/c1-13-6-10-14-15-11(18-10)16(7-9(12)17)8-4-2-3-5-8/h8,13H,2-7H2,1H3,(H2,12,17). The Hall–Kier alpha value is -1.63. The number of carbonyl (C=O) groups is 1. The van der Waals surface area contributed by atoms with Crippen molar-refractivity contribution in [1.29, 1.82) is 0 Å². The molecule has 1 amide bonds. The van der Waals surface area contributed by atoms with Crippen molar-refractivity contribution in [3.05, 3.63) is 5.89 Å². The van der Waals surface area contributed by atoms with Gasteiger partial charge in [-0.1, -0.05) is 17.9 Å². The zero-order valence-corrected chi connectivity index (χ0v) is 10.6. The zero-order valence-electron chi connectivity index (χ0n) is 10.6. The third-order valence-corrected chi connectivity index (χ3v) is 3.12. The van der Waals surface area contributed by atoms with Gasteiger partial charge in [-0.2, -0.15) is 0 Å². The lowest BCUT2D eigenvalue weighted by molar-refractivity contribution is -0.116. The molecule has 0 radical (unpaired) electrons. The maximum absolute atomic E-state index is 11.2. The molecule has 1 aromatic rings. The van der Waals surface area contributed by atoms with Gasteiger partial charge in [0.05, 0.1) is 6.54 Å². The topological polar surface area (TPSA) is 97.3 Å². The number of rotatable bonds is 6. The maximum Gasteiger partial charge on any atom is 0.318 e. The fraction of sp³-hybridized carbons (Fsp3) is 0.727. The number of hydrogen-bond donors (Lipinski definition) is 2. The molecule has 100 valence electrons. The van der Waals surface area contributed by atoms with E-state index in [0.29, 0.717) is 18.5 Å². The van der Waals surface area contributed by atoms with Crippen molar-refractivity contribution >= 4 is 11.9 Å². The van der Waals surface area contributed by atoms with Crippen LogP contribution in [0.3, 0.4) is 0 Å². The van der Waals surface area contributed by atoms with Crippen LogP contribution in [0.15, 0.2) is 4.42 Å². The second kappa shape index (κ2) is 5.81. The van der Waals surface area contributed by atoms with Crippen molar-refractivity contribution in [2.45, 2.75) is 38.3 Å². The van der Waals surface area contributed by atoms with Crippen LogP contribution in [0.1, 0.15) is 31.6 Å². The van der Waals surface area contributed by atoms with E-state index in [9.17, 15) is 4.79 Å². The summed E-state index contributed by atoms with van der Waals surface area (Å²) in [5.41, 5.74) is 5.28. The molecular weight excluding hydrogens is 234 g/mol. The van der Waals surface area contributed by atoms with Gasteiger partial charge < -0.3 is 20.4 Å². The second-order valence-electron chi connectivity index (χ2n) is 4.54. The molecule has 1 saturated carbocycles. The first-order valence-electron chi connectivity index (χ1n) is 6.22. The van der Waals surface area contributed by atoms with Crippen LogP contribution in [0.5, 0.6) is 0 Å². The summed E-state index contributed by atoms with van der Waals surface area (Å²) >= 11 is 0. The smallest absolute Gasteiger partial charge is 0.318 e. The predicted molar refractivity (Wildman–Crippen MR) is 65.9 cm³/mol. The quantitative estimate of drug-likeness (QED) is 0.742. The monoisotopic (exact) mass is 253 g/mol. The molecule has 0 saturated heterocycles. The minimum Gasteiger partial charge on any atom is -0.407 e. The number of primary amides is 1. The Morgan fingerprint density at radius 1 is 1.50 bits per heavy atom. The van der Waals surface area contributed by atoms with Crippen LogP contribution in [0.4, 0.5) is 6.01 Å². The molecule has 0 atom stereocenters. The van der Waals surface area contributed by atoms with Gasteiger partial charge >= 0.3 is 6.01 Å². The summed E-state index contributed by atoms with van der Waals surface area (Å²) < 4.78 is 5.53. The van der Waals surface area contributed by atoms with Gasteiger partial charge in [-0.3, -0.25) is 4.79 Å². The summed E-state index contributed by atoms with van der Waals surface area (Å²) in [6.45, 7) is 0.647. The van der Waals surface area contributed by atoms with Crippen LogP contribution >= 0.6 is 0 Å². The van der Waals surface area contributed by atoms with Gasteiger partial charge in [0, 0.05) is 6.04 Å². The van der Waals surface area contributed by atoms with Gasteiger partial charge in [-0.05, 0) is 19.9 Å². The zero-order chi connectivity index (χ0) is 13.0. The van der Waals surface area contributed by atoms with E-state index in [-0.39, 0.29) is 18.5 Å². The molecule has 0 unspecified atom stereocenters. The van der Waals surface area contributed by atoms with E-state index < -0.39 is 0 Å². The minimum atomic E-state index is -0.379. The van der Waals surface area contributed by atoms with E-state index in [2.05, 4.69) is 15.5 Å². The minimum absolute atomic E-state index is 0.131. The highest BCUT2D eigenvalue weighted by Crippen LogP contribution is 2.27. The Kier molecular flexibility index (Phi) is 4.14. The summed E-state index contributed by atoms with van der Waals surface area (Å²) in [6.07, 6.45) is 4.41. The summed E-state index contributed by atoms with van der Waals surface area (Å²) in [5, 5.41) is 10.9. The molecular formula is C11H19N5O2. The molecule has 1 heterocycles. The Morgan fingerprint density at radius 2 is 2.22 bits per heavy atom. The molecule has 7 nitrogen and oxygen atoms in total. The number of aromatic nitrogens is 2. The highest BCUT2D eigenvalue weighted by atomic mass is 16.4. The number of nitrogens with one attached hydrogen (secondary N) is 1. The number of carbonyl (C=O) groups excluding carboxylic acids is 1. The molecule has 1 fully saturated rings. The lowest BCUT2D eigenvalue weighted by Crippen LogP contribution is -2.40. The summed E-state index contributed by atoms with van der Waals surface area (Å²) in [7, 11) is 1.81. The Morgan fingerprint density at radius 3 is 2.83 bits per heavy atom. The number of hydrogen-bond acceptors (Lipinski definition) is 6. The highest BCUT2D eigenvalue weighted by molar-refractivity contribution is 5.78. The van der Waals surface area contributed by atoms with E-state index in [1.807, 2.05) is 11.9 Å². The number of nitrogens with two attached hydrogens (primary N) is 1. The normalized spacial score (nSPS) is 16.1. The molecule has 0 aliphatic heterocycles. The number of nitrogens with zero attached hydrogens (tertiary/aromatic N) is 3. The largest absolute Gasteiger partial charge is 0.407 e. The molecule has 18 heavy (non-hydrogen) atoms. The molecule has 0 bridgehead atoms. The fourth-order valence-electron chi connectivity index (χ4n) is 2.32. The molecule has 0 spiro atoms. The number of anilines is 1. The fourth-order valence-corrected chi connectivity index (χ4v) is 2.32. The van der Waals surface area contributed by atoms with E-state index >= 15 is 0 Å². The third kappa shape index (κ3) is 2.98.